The molecule has 0 bridgehead atoms. The summed E-state index contributed by atoms with van der Waals surface area (Å²) in [5, 5.41) is 4.68. The molecule has 1 aromatic carbocycles. The van der Waals surface area contributed by atoms with Crippen LogP contribution in [0.15, 0.2) is 53.1 Å². The highest BCUT2D eigenvalue weighted by atomic mass is 16.3. The number of aromatic nitrogens is 2. The lowest BCUT2D eigenvalue weighted by Crippen LogP contribution is -2.48. The standard InChI is InChI=1S/C21H24N4O2/c1-3-23-9-11-24(12-10-23)21(26)19-15-18(20-8-5-13-27-20)22-25(19)17-7-4-6-16(2)14-17/h4-8,13-15H,3,9-12H2,1-2H3. The normalized spacial score (nSPS) is 15.3. The van der Waals surface area contributed by atoms with Crippen LogP contribution in [0.2, 0.25) is 0 Å². The third kappa shape index (κ3) is 3.53. The largest absolute Gasteiger partial charge is 0.463 e. The first-order valence-electron chi connectivity index (χ1n) is 9.38. The first-order valence-corrected chi connectivity index (χ1v) is 9.38. The van der Waals surface area contributed by atoms with E-state index in [0.717, 1.165) is 44.0 Å². The molecule has 0 N–H and O–H groups in total. The highest BCUT2D eigenvalue weighted by Gasteiger charge is 2.26. The summed E-state index contributed by atoms with van der Waals surface area (Å²) in [4.78, 5) is 17.5. The maximum absolute atomic E-state index is 13.3. The van der Waals surface area contributed by atoms with Crippen LogP contribution in [0.4, 0.5) is 0 Å². The van der Waals surface area contributed by atoms with Crippen LogP contribution in [0, 0.1) is 6.92 Å². The van der Waals surface area contributed by atoms with Gasteiger partial charge in [0.2, 0.25) is 0 Å². The molecule has 1 aliphatic heterocycles. The number of carbonyl (C=O) groups is 1. The van der Waals surface area contributed by atoms with Crippen molar-refractivity contribution in [1.29, 1.82) is 0 Å². The Morgan fingerprint density at radius 3 is 2.59 bits per heavy atom. The zero-order valence-corrected chi connectivity index (χ0v) is 15.8. The Balaban J connectivity index is 1.71. The third-order valence-electron chi connectivity index (χ3n) is 5.06. The fourth-order valence-electron chi connectivity index (χ4n) is 3.46. The molecule has 0 saturated carbocycles. The molecule has 1 aliphatic rings. The number of likely N-dealkylation sites (N-methyl/N-ethyl adjacent to an activating group) is 1. The van der Waals surface area contributed by atoms with Gasteiger partial charge in [0.25, 0.3) is 5.91 Å². The molecular weight excluding hydrogens is 340 g/mol. The Morgan fingerprint density at radius 1 is 1.11 bits per heavy atom. The highest BCUT2D eigenvalue weighted by molar-refractivity contribution is 5.94. The number of hydrogen-bond acceptors (Lipinski definition) is 4. The lowest BCUT2D eigenvalue weighted by molar-refractivity contribution is 0.0634. The number of aryl methyl sites for hydroxylation is 1. The van der Waals surface area contributed by atoms with Crippen molar-refractivity contribution in [2.45, 2.75) is 13.8 Å². The van der Waals surface area contributed by atoms with Crippen molar-refractivity contribution in [3.63, 3.8) is 0 Å². The fourth-order valence-corrected chi connectivity index (χ4v) is 3.46. The molecule has 1 amide bonds. The molecule has 0 unspecified atom stereocenters. The molecule has 0 atom stereocenters. The zero-order chi connectivity index (χ0) is 18.8. The maximum Gasteiger partial charge on any atom is 0.272 e. The van der Waals surface area contributed by atoms with Gasteiger partial charge in [0.1, 0.15) is 11.4 Å². The smallest absolute Gasteiger partial charge is 0.272 e. The summed E-state index contributed by atoms with van der Waals surface area (Å²) in [6.07, 6.45) is 1.62. The van der Waals surface area contributed by atoms with Gasteiger partial charge in [-0.3, -0.25) is 4.79 Å². The molecule has 4 rings (SSSR count). The van der Waals surface area contributed by atoms with Crippen LogP contribution in [-0.4, -0.2) is 58.2 Å². The molecule has 6 heteroatoms. The third-order valence-corrected chi connectivity index (χ3v) is 5.06. The summed E-state index contributed by atoms with van der Waals surface area (Å²) in [5.41, 5.74) is 3.23. The van der Waals surface area contributed by atoms with E-state index in [1.54, 1.807) is 10.9 Å². The van der Waals surface area contributed by atoms with Gasteiger partial charge >= 0.3 is 0 Å². The van der Waals surface area contributed by atoms with Crippen molar-refractivity contribution < 1.29 is 9.21 Å². The lowest BCUT2D eigenvalue weighted by Gasteiger charge is -2.34. The van der Waals surface area contributed by atoms with Gasteiger partial charge < -0.3 is 14.2 Å². The van der Waals surface area contributed by atoms with Crippen molar-refractivity contribution in [3.05, 3.63) is 60.0 Å². The molecular formula is C21H24N4O2. The van der Waals surface area contributed by atoms with Crippen molar-refractivity contribution >= 4 is 5.91 Å². The van der Waals surface area contributed by atoms with E-state index in [1.807, 2.05) is 54.3 Å². The van der Waals surface area contributed by atoms with Gasteiger partial charge in [-0.2, -0.15) is 5.10 Å². The van der Waals surface area contributed by atoms with Gasteiger partial charge in [-0.15, -0.1) is 0 Å². The second-order valence-corrected chi connectivity index (χ2v) is 6.87. The fraction of sp³-hybridized carbons (Fsp3) is 0.333. The second kappa shape index (κ2) is 7.40. The van der Waals surface area contributed by atoms with E-state index in [2.05, 4.69) is 16.9 Å². The number of hydrogen-bond donors (Lipinski definition) is 0. The minimum Gasteiger partial charge on any atom is -0.463 e. The average molecular weight is 364 g/mol. The van der Waals surface area contributed by atoms with E-state index < -0.39 is 0 Å². The van der Waals surface area contributed by atoms with Crippen LogP contribution in [0.1, 0.15) is 23.0 Å². The Labute approximate surface area is 159 Å². The number of carbonyl (C=O) groups excluding carboxylic acids is 1. The van der Waals surface area contributed by atoms with Crippen LogP contribution < -0.4 is 0 Å². The second-order valence-electron chi connectivity index (χ2n) is 6.87. The minimum absolute atomic E-state index is 0.0116. The molecule has 140 valence electrons. The topological polar surface area (TPSA) is 54.5 Å². The molecule has 2 aromatic heterocycles. The van der Waals surface area contributed by atoms with Crippen LogP contribution in [0.25, 0.3) is 17.1 Å². The summed E-state index contributed by atoms with van der Waals surface area (Å²) in [6.45, 7) is 8.50. The Bertz CT molecular complexity index is 922. The van der Waals surface area contributed by atoms with Gasteiger partial charge in [0, 0.05) is 32.2 Å². The highest BCUT2D eigenvalue weighted by Crippen LogP contribution is 2.24. The quantitative estimate of drug-likeness (QED) is 0.713. The number of piperazine rings is 1. The number of furan rings is 1. The van der Waals surface area contributed by atoms with Gasteiger partial charge in [-0.05, 0) is 43.3 Å². The molecule has 0 radical (unpaired) electrons. The van der Waals surface area contributed by atoms with Gasteiger partial charge in [0.05, 0.1) is 12.0 Å². The van der Waals surface area contributed by atoms with Crippen molar-refractivity contribution in [2.24, 2.45) is 0 Å². The zero-order valence-electron chi connectivity index (χ0n) is 15.8. The van der Waals surface area contributed by atoms with Crippen LogP contribution in [-0.2, 0) is 0 Å². The monoisotopic (exact) mass is 364 g/mol. The molecule has 1 fully saturated rings. The summed E-state index contributed by atoms with van der Waals surface area (Å²) in [6, 6.07) is 13.5. The molecule has 1 saturated heterocycles. The number of rotatable bonds is 4. The molecule has 27 heavy (non-hydrogen) atoms. The Hall–Kier alpha value is -2.86. The Kier molecular flexibility index (Phi) is 4.81. The maximum atomic E-state index is 13.3. The van der Waals surface area contributed by atoms with E-state index in [1.165, 1.54) is 0 Å². The summed E-state index contributed by atoms with van der Waals surface area (Å²) >= 11 is 0. The van der Waals surface area contributed by atoms with Gasteiger partial charge in [-0.25, -0.2) is 4.68 Å². The predicted molar refractivity (Wildman–Crippen MR) is 104 cm³/mol. The van der Waals surface area contributed by atoms with Crippen molar-refractivity contribution in [3.8, 4) is 17.1 Å². The van der Waals surface area contributed by atoms with Crippen molar-refractivity contribution in [1.82, 2.24) is 19.6 Å². The summed E-state index contributed by atoms with van der Waals surface area (Å²) < 4.78 is 7.23. The summed E-state index contributed by atoms with van der Waals surface area (Å²) in [7, 11) is 0. The van der Waals surface area contributed by atoms with Crippen LogP contribution >= 0.6 is 0 Å². The lowest BCUT2D eigenvalue weighted by atomic mass is 10.2. The number of nitrogens with zero attached hydrogens (tertiary/aromatic N) is 4. The molecule has 0 spiro atoms. The van der Waals surface area contributed by atoms with Gasteiger partial charge in [0.15, 0.2) is 5.76 Å². The molecule has 6 nitrogen and oxygen atoms in total. The molecule has 3 aromatic rings. The first kappa shape index (κ1) is 17.5. The molecule has 3 heterocycles. The first-order chi connectivity index (χ1) is 13.2. The molecule has 0 aliphatic carbocycles. The van der Waals surface area contributed by atoms with E-state index in [-0.39, 0.29) is 5.91 Å². The van der Waals surface area contributed by atoms with E-state index in [0.29, 0.717) is 17.1 Å². The van der Waals surface area contributed by atoms with E-state index in [9.17, 15) is 4.79 Å². The minimum atomic E-state index is 0.0116. The Morgan fingerprint density at radius 2 is 1.93 bits per heavy atom. The summed E-state index contributed by atoms with van der Waals surface area (Å²) in [5.74, 6) is 0.670. The van der Waals surface area contributed by atoms with Crippen LogP contribution in [0.5, 0.6) is 0 Å². The predicted octanol–water partition coefficient (Wildman–Crippen LogP) is 3.22. The van der Waals surface area contributed by atoms with Crippen LogP contribution in [0.3, 0.4) is 0 Å². The number of amides is 1. The van der Waals surface area contributed by atoms with Gasteiger partial charge in [-0.1, -0.05) is 19.1 Å². The number of benzene rings is 1. The van der Waals surface area contributed by atoms with E-state index in [4.69, 9.17) is 4.42 Å². The van der Waals surface area contributed by atoms with Crippen molar-refractivity contribution in [2.75, 3.05) is 32.7 Å². The van der Waals surface area contributed by atoms with E-state index >= 15 is 0 Å². The average Bonchev–Trinajstić information content (AvgIpc) is 3.37. The SMILES string of the molecule is CCN1CCN(C(=O)c2cc(-c3ccco3)nn2-c2cccc(C)c2)CC1.